The van der Waals surface area contributed by atoms with Gasteiger partial charge in [-0.05, 0) is 17.5 Å². The molecule has 0 saturated heterocycles. The fourth-order valence-electron chi connectivity index (χ4n) is 2.87. The number of benzene rings is 1. The normalized spacial score (nSPS) is 13.6. The average molecular weight is 354 g/mol. The Morgan fingerprint density at radius 2 is 2.08 bits per heavy atom. The van der Waals surface area contributed by atoms with Crippen molar-refractivity contribution in [2.24, 2.45) is 0 Å². The number of fused-ring (bicyclic) bond motifs is 2. The molecule has 8 heteroatoms. The zero-order valence-electron chi connectivity index (χ0n) is 13.1. The van der Waals surface area contributed by atoms with E-state index in [0.717, 1.165) is 10.1 Å². The monoisotopic (exact) mass is 354 g/mol. The van der Waals surface area contributed by atoms with E-state index in [9.17, 15) is 9.59 Å². The van der Waals surface area contributed by atoms with Crippen molar-refractivity contribution >= 4 is 33.2 Å². The van der Waals surface area contributed by atoms with Crippen LogP contribution in [0.5, 0.6) is 0 Å². The number of rotatable bonds is 2. The number of carbonyl (C=O) groups excluding carboxylic acids is 2. The molecule has 2 N–H and O–H groups in total. The topological polar surface area (TPSA) is 95.4 Å². The molecule has 3 aromatic rings. The maximum absolute atomic E-state index is 12.8. The molecule has 0 unspecified atom stereocenters. The SMILES string of the molecule is O=C(NO)c1cnc2c(n1)CCN(C(=O)c1cc3ccccc3s1)C2. The minimum atomic E-state index is -0.695. The second kappa shape index (κ2) is 6.23. The van der Waals surface area contributed by atoms with Crippen LogP contribution in [-0.2, 0) is 13.0 Å². The Morgan fingerprint density at radius 1 is 1.24 bits per heavy atom. The van der Waals surface area contributed by atoms with Gasteiger partial charge >= 0.3 is 0 Å². The first-order valence-electron chi connectivity index (χ1n) is 7.73. The quantitative estimate of drug-likeness (QED) is 0.542. The van der Waals surface area contributed by atoms with Crippen LogP contribution < -0.4 is 5.48 Å². The molecule has 2 aromatic heterocycles. The van der Waals surface area contributed by atoms with E-state index in [1.807, 2.05) is 30.3 Å². The molecule has 0 radical (unpaired) electrons. The van der Waals surface area contributed by atoms with Gasteiger partial charge in [-0.1, -0.05) is 18.2 Å². The van der Waals surface area contributed by atoms with Crippen LogP contribution in [-0.4, -0.2) is 38.4 Å². The predicted octanol–water partition coefficient (Wildman–Crippen LogP) is 2.01. The van der Waals surface area contributed by atoms with E-state index in [1.165, 1.54) is 17.5 Å². The third-order valence-corrected chi connectivity index (χ3v) is 5.25. The van der Waals surface area contributed by atoms with Gasteiger partial charge < -0.3 is 4.90 Å². The van der Waals surface area contributed by atoms with E-state index in [1.54, 1.807) is 10.4 Å². The molecule has 0 fully saturated rings. The van der Waals surface area contributed by atoms with Crippen LogP contribution >= 0.6 is 11.3 Å². The molecule has 1 aliphatic rings. The van der Waals surface area contributed by atoms with Gasteiger partial charge in [0.25, 0.3) is 11.8 Å². The average Bonchev–Trinajstić information content (AvgIpc) is 3.10. The molecule has 0 atom stereocenters. The van der Waals surface area contributed by atoms with Gasteiger partial charge in [0.15, 0.2) is 0 Å². The molecule has 4 rings (SSSR count). The van der Waals surface area contributed by atoms with Gasteiger partial charge in [-0.15, -0.1) is 11.3 Å². The fourth-order valence-corrected chi connectivity index (χ4v) is 3.90. The summed E-state index contributed by atoms with van der Waals surface area (Å²) in [5.41, 5.74) is 2.96. The first-order chi connectivity index (χ1) is 12.2. The van der Waals surface area contributed by atoms with Gasteiger partial charge in [-0.25, -0.2) is 10.5 Å². The summed E-state index contributed by atoms with van der Waals surface area (Å²) < 4.78 is 1.09. The molecular formula is C17H14N4O3S. The van der Waals surface area contributed by atoms with E-state index < -0.39 is 5.91 Å². The lowest BCUT2D eigenvalue weighted by Gasteiger charge is -2.27. The summed E-state index contributed by atoms with van der Waals surface area (Å²) in [6.45, 7) is 0.870. The summed E-state index contributed by atoms with van der Waals surface area (Å²) in [5, 5.41) is 9.74. The summed E-state index contributed by atoms with van der Waals surface area (Å²) in [4.78, 5) is 35.1. The molecule has 0 spiro atoms. The molecular weight excluding hydrogens is 340 g/mol. The van der Waals surface area contributed by atoms with Gasteiger partial charge in [0.05, 0.1) is 29.0 Å². The van der Waals surface area contributed by atoms with E-state index in [2.05, 4.69) is 9.97 Å². The third-order valence-electron chi connectivity index (χ3n) is 4.15. The van der Waals surface area contributed by atoms with E-state index in [4.69, 9.17) is 5.21 Å². The van der Waals surface area contributed by atoms with Crippen LogP contribution in [0.15, 0.2) is 36.5 Å². The number of hydrogen-bond acceptors (Lipinski definition) is 6. The first kappa shape index (κ1) is 15.7. The zero-order chi connectivity index (χ0) is 17.4. The highest BCUT2D eigenvalue weighted by molar-refractivity contribution is 7.20. The summed E-state index contributed by atoms with van der Waals surface area (Å²) in [6, 6.07) is 9.82. The maximum Gasteiger partial charge on any atom is 0.294 e. The number of hydrogen-bond donors (Lipinski definition) is 2. The summed E-state index contributed by atoms with van der Waals surface area (Å²) in [6.07, 6.45) is 1.82. The Bertz CT molecular complexity index is 952. The highest BCUT2D eigenvalue weighted by atomic mass is 32.1. The number of carbonyl (C=O) groups is 2. The lowest BCUT2D eigenvalue weighted by molar-refractivity contribution is 0.0694. The number of nitrogens with zero attached hydrogens (tertiary/aromatic N) is 3. The highest BCUT2D eigenvalue weighted by Gasteiger charge is 2.25. The lowest BCUT2D eigenvalue weighted by Crippen LogP contribution is -2.37. The minimum Gasteiger partial charge on any atom is -0.332 e. The van der Waals surface area contributed by atoms with Crippen LogP contribution in [0.25, 0.3) is 10.1 Å². The van der Waals surface area contributed by atoms with Crippen molar-refractivity contribution in [3.05, 3.63) is 58.5 Å². The summed E-state index contributed by atoms with van der Waals surface area (Å²) in [5.74, 6) is -0.718. The smallest absolute Gasteiger partial charge is 0.294 e. The molecule has 3 heterocycles. The van der Waals surface area contributed by atoms with Gasteiger partial charge in [-0.2, -0.15) is 0 Å². The van der Waals surface area contributed by atoms with Crippen molar-refractivity contribution in [3.63, 3.8) is 0 Å². The fraction of sp³-hybridized carbons (Fsp3) is 0.176. The number of nitrogens with one attached hydrogen (secondary N) is 1. The molecule has 1 aromatic carbocycles. The van der Waals surface area contributed by atoms with Crippen molar-refractivity contribution in [3.8, 4) is 0 Å². The largest absolute Gasteiger partial charge is 0.332 e. The van der Waals surface area contributed by atoms with Gasteiger partial charge in [0.2, 0.25) is 0 Å². The van der Waals surface area contributed by atoms with Crippen molar-refractivity contribution in [1.29, 1.82) is 0 Å². The van der Waals surface area contributed by atoms with E-state index in [0.29, 0.717) is 35.8 Å². The number of amides is 2. The molecule has 126 valence electrons. The Balaban J connectivity index is 1.57. The van der Waals surface area contributed by atoms with Crippen LogP contribution in [0.3, 0.4) is 0 Å². The molecule has 25 heavy (non-hydrogen) atoms. The zero-order valence-corrected chi connectivity index (χ0v) is 13.9. The van der Waals surface area contributed by atoms with Crippen LogP contribution in [0.1, 0.15) is 31.5 Å². The number of thiophene rings is 1. The molecule has 0 bridgehead atoms. The second-order valence-electron chi connectivity index (χ2n) is 5.71. The first-order valence-corrected chi connectivity index (χ1v) is 8.54. The van der Waals surface area contributed by atoms with Crippen molar-refractivity contribution in [1.82, 2.24) is 20.3 Å². The van der Waals surface area contributed by atoms with Gasteiger partial charge in [-0.3, -0.25) is 19.8 Å². The molecule has 7 nitrogen and oxygen atoms in total. The molecule has 2 amide bonds. The summed E-state index contributed by atoms with van der Waals surface area (Å²) >= 11 is 1.48. The van der Waals surface area contributed by atoms with E-state index in [-0.39, 0.29) is 11.6 Å². The number of aromatic nitrogens is 2. The number of hydroxylamine groups is 1. The van der Waals surface area contributed by atoms with Crippen LogP contribution in [0.4, 0.5) is 0 Å². The van der Waals surface area contributed by atoms with E-state index >= 15 is 0 Å². The predicted molar refractivity (Wildman–Crippen MR) is 91.6 cm³/mol. The van der Waals surface area contributed by atoms with Crippen molar-refractivity contribution in [2.45, 2.75) is 13.0 Å². The van der Waals surface area contributed by atoms with Crippen molar-refractivity contribution in [2.75, 3.05) is 6.54 Å². The molecule has 0 saturated carbocycles. The Kier molecular flexibility index (Phi) is 3.90. The van der Waals surface area contributed by atoms with Crippen LogP contribution in [0.2, 0.25) is 0 Å². The molecule has 0 aliphatic carbocycles. The Labute approximate surface area is 146 Å². The van der Waals surface area contributed by atoms with Crippen LogP contribution in [0, 0.1) is 0 Å². The highest BCUT2D eigenvalue weighted by Crippen LogP contribution is 2.27. The van der Waals surface area contributed by atoms with Gasteiger partial charge in [0.1, 0.15) is 5.69 Å². The standard InChI is InChI=1S/C17H14N4O3S/c22-16(20-24)12-8-18-13-9-21(6-5-11(13)19-12)17(23)15-7-10-3-1-2-4-14(10)25-15/h1-4,7-8,24H,5-6,9H2,(H,20,22). The lowest BCUT2D eigenvalue weighted by atomic mass is 10.1. The van der Waals surface area contributed by atoms with Crippen molar-refractivity contribution < 1.29 is 14.8 Å². The second-order valence-corrected chi connectivity index (χ2v) is 6.80. The molecule has 1 aliphatic heterocycles. The Morgan fingerprint density at radius 3 is 2.88 bits per heavy atom. The summed E-state index contributed by atoms with van der Waals surface area (Å²) in [7, 11) is 0. The minimum absolute atomic E-state index is 0.0224. The van der Waals surface area contributed by atoms with Gasteiger partial charge in [0, 0.05) is 17.7 Å². The third kappa shape index (κ3) is 2.86. The maximum atomic E-state index is 12.8. The Hall–Kier alpha value is -2.84.